The average Bonchev–Trinajstić information content (AvgIpc) is 2.42. The SMILES string of the molecule is CCN(CC)CCCNCc1ccccc1C(F)(F)F. The minimum atomic E-state index is -4.28. The van der Waals surface area contributed by atoms with Crippen molar-refractivity contribution in [2.45, 2.75) is 33.0 Å². The van der Waals surface area contributed by atoms with Crippen molar-refractivity contribution < 1.29 is 13.2 Å². The summed E-state index contributed by atoms with van der Waals surface area (Å²) < 4.78 is 38.4. The van der Waals surface area contributed by atoms with Crippen molar-refractivity contribution in [3.05, 3.63) is 35.4 Å². The molecule has 1 N–H and O–H groups in total. The van der Waals surface area contributed by atoms with Gasteiger partial charge in [-0.2, -0.15) is 13.2 Å². The molecule has 0 saturated heterocycles. The van der Waals surface area contributed by atoms with Crippen molar-refractivity contribution in [3.8, 4) is 0 Å². The van der Waals surface area contributed by atoms with Gasteiger partial charge in [-0.15, -0.1) is 0 Å². The summed E-state index contributed by atoms with van der Waals surface area (Å²) in [4.78, 5) is 2.30. The van der Waals surface area contributed by atoms with E-state index in [0.717, 1.165) is 38.7 Å². The lowest BCUT2D eigenvalue weighted by Gasteiger charge is -2.18. The highest BCUT2D eigenvalue weighted by atomic mass is 19.4. The fraction of sp³-hybridized carbons (Fsp3) is 0.600. The molecule has 2 nitrogen and oxygen atoms in total. The van der Waals surface area contributed by atoms with E-state index in [4.69, 9.17) is 0 Å². The molecule has 0 aliphatic heterocycles. The van der Waals surface area contributed by atoms with Gasteiger partial charge >= 0.3 is 6.18 Å². The number of hydrogen-bond acceptors (Lipinski definition) is 2. The van der Waals surface area contributed by atoms with E-state index < -0.39 is 11.7 Å². The molecule has 0 aliphatic rings. The van der Waals surface area contributed by atoms with Crippen LogP contribution in [0.2, 0.25) is 0 Å². The molecule has 0 saturated carbocycles. The van der Waals surface area contributed by atoms with Gasteiger partial charge in [0.1, 0.15) is 0 Å². The van der Waals surface area contributed by atoms with Crippen LogP contribution in [0, 0.1) is 0 Å². The predicted octanol–water partition coefficient (Wildman–Crippen LogP) is 3.53. The molecule has 1 aromatic carbocycles. The van der Waals surface area contributed by atoms with Gasteiger partial charge in [-0.05, 0) is 44.2 Å². The summed E-state index contributed by atoms with van der Waals surface area (Å²) >= 11 is 0. The van der Waals surface area contributed by atoms with Gasteiger partial charge < -0.3 is 10.2 Å². The summed E-state index contributed by atoms with van der Waals surface area (Å²) in [6.07, 6.45) is -3.34. The Kier molecular flexibility index (Phi) is 7.02. The Morgan fingerprint density at radius 3 is 2.35 bits per heavy atom. The maximum Gasteiger partial charge on any atom is 0.416 e. The molecule has 0 radical (unpaired) electrons. The molecule has 0 atom stereocenters. The van der Waals surface area contributed by atoms with Gasteiger partial charge in [0.15, 0.2) is 0 Å². The van der Waals surface area contributed by atoms with Crippen molar-refractivity contribution >= 4 is 0 Å². The smallest absolute Gasteiger partial charge is 0.313 e. The van der Waals surface area contributed by atoms with Gasteiger partial charge in [0.05, 0.1) is 5.56 Å². The Hall–Kier alpha value is -1.07. The number of rotatable bonds is 8. The van der Waals surface area contributed by atoms with Crippen LogP contribution in [0.1, 0.15) is 31.4 Å². The van der Waals surface area contributed by atoms with Crippen LogP contribution in [0.25, 0.3) is 0 Å². The van der Waals surface area contributed by atoms with E-state index in [1.54, 1.807) is 6.07 Å². The molecule has 1 rings (SSSR count). The third-order valence-electron chi connectivity index (χ3n) is 3.36. The summed E-state index contributed by atoms with van der Waals surface area (Å²) in [6, 6.07) is 5.72. The van der Waals surface area contributed by atoms with Crippen molar-refractivity contribution in [3.63, 3.8) is 0 Å². The van der Waals surface area contributed by atoms with Gasteiger partial charge in [-0.1, -0.05) is 32.0 Å². The lowest BCUT2D eigenvalue weighted by atomic mass is 10.1. The van der Waals surface area contributed by atoms with Gasteiger partial charge in [-0.25, -0.2) is 0 Å². The van der Waals surface area contributed by atoms with Gasteiger partial charge in [0.25, 0.3) is 0 Å². The van der Waals surface area contributed by atoms with Crippen LogP contribution in [0.5, 0.6) is 0 Å². The highest BCUT2D eigenvalue weighted by Crippen LogP contribution is 2.31. The second-order valence-corrected chi connectivity index (χ2v) is 4.71. The molecular formula is C15H23F3N2. The number of nitrogens with zero attached hydrogens (tertiary/aromatic N) is 1. The number of alkyl halides is 3. The Labute approximate surface area is 119 Å². The normalized spacial score (nSPS) is 12.1. The van der Waals surface area contributed by atoms with Crippen molar-refractivity contribution in [1.82, 2.24) is 10.2 Å². The molecule has 1 aromatic rings. The van der Waals surface area contributed by atoms with E-state index >= 15 is 0 Å². The van der Waals surface area contributed by atoms with Crippen LogP contribution in [0.3, 0.4) is 0 Å². The summed E-state index contributed by atoms with van der Waals surface area (Å²) in [7, 11) is 0. The molecule has 0 spiro atoms. The van der Waals surface area contributed by atoms with E-state index in [1.807, 2.05) is 0 Å². The second kappa shape index (κ2) is 8.27. The standard InChI is InChI=1S/C15H23F3N2/c1-3-20(4-2)11-7-10-19-12-13-8-5-6-9-14(13)15(16,17)18/h5-6,8-9,19H,3-4,7,10-12H2,1-2H3. The van der Waals surface area contributed by atoms with Crippen molar-refractivity contribution in [2.75, 3.05) is 26.2 Å². The highest BCUT2D eigenvalue weighted by molar-refractivity contribution is 5.29. The maximum absolute atomic E-state index is 12.8. The van der Waals surface area contributed by atoms with E-state index in [-0.39, 0.29) is 6.54 Å². The van der Waals surface area contributed by atoms with Crippen LogP contribution >= 0.6 is 0 Å². The number of halogens is 3. The van der Waals surface area contributed by atoms with Gasteiger partial charge in [0, 0.05) is 6.54 Å². The molecule has 5 heteroatoms. The van der Waals surface area contributed by atoms with Gasteiger partial charge in [-0.3, -0.25) is 0 Å². The first-order valence-electron chi connectivity index (χ1n) is 7.07. The minimum absolute atomic E-state index is 0.258. The van der Waals surface area contributed by atoms with E-state index in [9.17, 15) is 13.2 Å². The lowest BCUT2D eigenvalue weighted by molar-refractivity contribution is -0.138. The summed E-state index contributed by atoms with van der Waals surface area (Å²) in [5.74, 6) is 0. The monoisotopic (exact) mass is 288 g/mol. The van der Waals surface area contributed by atoms with Gasteiger partial charge in [0.2, 0.25) is 0 Å². The molecule has 0 aliphatic carbocycles. The topological polar surface area (TPSA) is 15.3 Å². The number of nitrogens with one attached hydrogen (secondary N) is 1. The first-order chi connectivity index (χ1) is 9.49. The lowest BCUT2D eigenvalue weighted by Crippen LogP contribution is -2.27. The molecular weight excluding hydrogens is 265 g/mol. The molecule has 0 aromatic heterocycles. The van der Waals surface area contributed by atoms with Crippen LogP contribution in [-0.2, 0) is 12.7 Å². The average molecular weight is 288 g/mol. The zero-order valence-electron chi connectivity index (χ0n) is 12.1. The van der Waals surface area contributed by atoms with Crippen LogP contribution in [0.15, 0.2) is 24.3 Å². The number of benzene rings is 1. The first kappa shape index (κ1) is 17.0. The Balaban J connectivity index is 2.39. The summed E-state index contributed by atoms with van der Waals surface area (Å²) in [6.45, 7) is 8.19. The zero-order valence-corrected chi connectivity index (χ0v) is 12.1. The molecule has 0 fully saturated rings. The maximum atomic E-state index is 12.8. The van der Waals surface area contributed by atoms with Crippen LogP contribution < -0.4 is 5.32 Å². The fourth-order valence-electron chi connectivity index (χ4n) is 2.14. The fourth-order valence-corrected chi connectivity index (χ4v) is 2.14. The third-order valence-corrected chi connectivity index (χ3v) is 3.36. The van der Waals surface area contributed by atoms with Crippen molar-refractivity contribution in [1.29, 1.82) is 0 Å². The zero-order chi connectivity index (χ0) is 15.0. The first-order valence-corrected chi connectivity index (χ1v) is 7.07. The van der Waals surface area contributed by atoms with E-state index in [2.05, 4.69) is 24.1 Å². The molecule has 114 valence electrons. The number of hydrogen-bond donors (Lipinski definition) is 1. The molecule has 0 bridgehead atoms. The largest absolute Gasteiger partial charge is 0.416 e. The Morgan fingerprint density at radius 1 is 1.10 bits per heavy atom. The predicted molar refractivity (Wildman–Crippen MR) is 75.6 cm³/mol. The molecule has 0 amide bonds. The summed E-state index contributed by atoms with van der Waals surface area (Å²) in [5.41, 5.74) is -0.237. The Bertz CT molecular complexity index is 387. The van der Waals surface area contributed by atoms with Crippen LogP contribution in [0.4, 0.5) is 13.2 Å². The quantitative estimate of drug-likeness (QED) is 0.736. The van der Waals surface area contributed by atoms with E-state index in [0.29, 0.717) is 5.56 Å². The molecule has 0 heterocycles. The second-order valence-electron chi connectivity index (χ2n) is 4.71. The van der Waals surface area contributed by atoms with Crippen LogP contribution in [-0.4, -0.2) is 31.1 Å². The Morgan fingerprint density at radius 2 is 1.75 bits per heavy atom. The minimum Gasteiger partial charge on any atom is -0.313 e. The third kappa shape index (κ3) is 5.51. The molecule has 0 unspecified atom stereocenters. The molecule has 20 heavy (non-hydrogen) atoms. The van der Waals surface area contributed by atoms with E-state index in [1.165, 1.54) is 12.1 Å². The summed E-state index contributed by atoms with van der Waals surface area (Å²) in [5, 5.41) is 3.09. The van der Waals surface area contributed by atoms with Crippen molar-refractivity contribution in [2.24, 2.45) is 0 Å². The highest BCUT2D eigenvalue weighted by Gasteiger charge is 2.32.